The quantitative estimate of drug-likeness (QED) is 0.815. The minimum absolute atomic E-state index is 0.182. The average Bonchev–Trinajstić information content (AvgIpc) is 2.64. The SMILES string of the molecule is Cc1ccc(C)c(CN2CCCN(CC(=O)Nc3cc(C)ccc3C)S2(=O)=O)c1. The number of carbonyl (C=O) groups excluding carboxylic acids is 1. The van der Waals surface area contributed by atoms with Gasteiger partial charge >= 0.3 is 0 Å². The van der Waals surface area contributed by atoms with Crippen molar-refractivity contribution >= 4 is 21.8 Å². The minimum atomic E-state index is -3.69. The fourth-order valence-corrected chi connectivity index (χ4v) is 5.15. The highest BCUT2D eigenvalue weighted by molar-refractivity contribution is 7.86. The molecule has 0 aliphatic carbocycles. The number of benzene rings is 2. The lowest BCUT2D eigenvalue weighted by molar-refractivity contribution is -0.116. The van der Waals surface area contributed by atoms with Gasteiger partial charge in [-0.3, -0.25) is 4.79 Å². The van der Waals surface area contributed by atoms with Gasteiger partial charge in [0.15, 0.2) is 0 Å². The van der Waals surface area contributed by atoms with Crippen LogP contribution in [0.5, 0.6) is 0 Å². The van der Waals surface area contributed by atoms with Crippen LogP contribution in [0.15, 0.2) is 36.4 Å². The molecule has 7 heteroatoms. The van der Waals surface area contributed by atoms with E-state index in [0.717, 1.165) is 33.5 Å². The summed E-state index contributed by atoms with van der Waals surface area (Å²) in [6.45, 7) is 8.81. The highest BCUT2D eigenvalue weighted by atomic mass is 32.2. The largest absolute Gasteiger partial charge is 0.325 e. The Labute approximate surface area is 173 Å². The molecule has 1 N–H and O–H groups in total. The molecule has 3 rings (SSSR count). The van der Waals surface area contributed by atoms with E-state index in [2.05, 4.69) is 5.32 Å². The summed E-state index contributed by atoms with van der Waals surface area (Å²) in [6, 6.07) is 11.9. The van der Waals surface area contributed by atoms with Gasteiger partial charge in [-0.15, -0.1) is 0 Å². The zero-order valence-corrected chi connectivity index (χ0v) is 18.3. The maximum Gasteiger partial charge on any atom is 0.282 e. The van der Waals surface area contributed by atoms with Crippen LogP contribution in [0.3, 0.4) is 0 Å². The third-order valence-corrected chi connectivity index (χ3v) is 7.23. The standard InChI is InChI=1S/C22H29N3O3S/c1-16-6-8-18(3)20(12-16)14-24-10-5-11-25(29(24,27)28)15-22(26)23-21-13-17(2)7-9-19(21)4/h6-9,12-13H,5,10-11,14-15H2,1-4H3,(H,23,26). The van der Waals surface area contributed by atoms with Gasteiger partial charge in [-0.25, -0.2) is 0 Å². The molecule has 1 fully saturated rings. The lowest BCUT2D eigenvalue weighted by atomic mass is 10.1. The van der Waals surface area contributed by atoms with Crippen molar-refractivity contribution in [2.45, 2.75) is 40.7 Å². The van der Waals surface area contributed by atoms with Gasteiger partial charge in [0.25, 0.3) is 10.2 Å². The van der Waals surface area contributed by atoms with Gasteiger partial charge in [0.1, 0.15) is 0 Å². The Morgan fingerprint density at radius 1 is 0.931 bits per heavy atom. The van der Waals surface area contributed by atoms with Crippen molar-refractivity contribution in [2.24, 2.45) is 0 Å². The number of rotatable bonds is 5. The molecule has 0 unspecified atom stereocenters. The summed E-state index contributed by atoms with van der Waals surface area (Å²) in [7, 11) is -3.69. The van der Waals surface area contributed by atoms with E-state index in [9.17, 15) is 13.2 Å². The number of nitrogens with zero attached hydrogens (tertiary/aromatic N) is 2. The fraction of sp³-hybridized carbons (Fsp3) is 0.409. The first kappa shape index (κ1) is 21.5. The molecule has 0 bridgehead atoms. The van der Waals surface area contributed by atoms with E-state index in [-0.39, 0.29) is 12.5 Å². The van der Waals surface area contributed by atoms with Crippen molar-refractivity contribution in [2.75, 3.05) is 25.0 Å². The first-order valence-electron chi connectivity index (χ1n) is 9.85. The first-order chi connectivity index (χ1) is 13.7. The minimum Gasteiger partial charge on any atom is -0.325 e. The second-order valence-electron chi connectivity index (χ2n) is 7.82. The van der Waals surface area contributed by atoms with E-state index in [0.29, 0.717) is 26.1 Å². The van der Waals surface area contributed by atoms with Crippen molar-refractivity contribution in [3.63, 3.8) is 0 Å². The second-order valence-corrected chi connectivity index (χ2v) is 9.75. The Balaban J connectivity index is 1.72. The Hall–Kier alpha value is -2.22. The van der Waals surface area contributed by atoms with E-state index in [1.165, 1.54) is 8.61 Å². The number of amides is 1. The van der Waals surface area contributed by atoms with Crippen LogP contribution in [-0.2, 0) is 21.5 Å². The smallest absolute Gasteiger partial charge is 0.282 e. The molecule has 29 heavy (non-hydrogen) atoms. The molecule has 6 nitrogen and oxygen atoms in total. The van der Waals surface area contributed by atoms with E-state index in [1.54, 1.807) is 0 Å². The van der Waals surface area contributed by atoms with Crippen LogP contribution in [0, 0.1) is 27.7 Å². The predicted octanol–water partition coefficient (Wildman–Crippen LogP) is 3.31. The summed E-state index contributed by atoms with van der Waals surface area (Å²) >= 11 is 0. The van der Waals surface area contributed by atoms with Gasteiger partial charge in [0.2, 0.25) is 5.91 Å². The fourth-order valence-electron chi connectivity index (χ4n) is 3.52. The van der Waals surface area contributed by atoms with Crippen molar-refractivity contribution in [1.29, 1.82) is 0 Å². The topological polar surface area (TPSA) is 69.7 Å². The Morgan fingerprint density at radius 2 is 1.55 bits per heavy atom. The van der Waals surface area contributed by atoms with E-state index < -0.39 is 10.2 Å². The van der Waals surface area contributed by atoms with Gasteiger partial charge < -0.3 is 5.32 Å². The summed E-state index contributed by atoms with van der Waals surface area (Å²) < 4.78 is 28.9. The Bertz CT molecular complexity index is 1020. The summed E-state index contributed by atoms with van der Waals surface area (Å²) in [5, 5.41) is 2.85. The summed E-state index contributed by atoms with van der Waals surface area (Å²) in [5.41, 5.74) is 5.87. The van der Waals surface area contributed by atoms with Gasteiger partial charge in [0.05, 0.1) is 6.54 Å². The molecule has 1 saturated heterocycles. The molecule has 0 radical (unpaired) electrons. The molecule has 2 aromatic carbocycles. The Morgan fingerprint density at radius 3 is 2.28 bits per heavy atom. The maximum absolute atomic E-state index is 13.1. The zero-order valence-electron chi connectivity index (χ0n) is 17.5. The average molecular weight is 416 g/mol. The number of hydrogen-bond acceptors (Lipinski definition) is 3. The van der Waals surface area contributed by atoms with E-state index in [4.69, 9.17) is 0 Å². The molecule has 0 atom stereocenters. The maximum atomic E-state index is 13.1. The summed E-state index contributed by atoms with van der Waals surface area (Å²) in [6.07, 6.45) is 0.695. The number of aryl methyl sites for hydroxylation is 4. The van der Waals surface area contributed by atoms with Crippen molar-refractivity contribution < 1.29 is 13.2 Å². The molecular formula is C22H29N3O3S. The lowest BCUT2D eigenvalue weighted by Crippen LogP contribution is -2.51. The summed E-state index contributed by atoms with van der Waals surface area (Å²) in [4.78, 5) is 12.6. The monoisotopic (exact) mass is 415 g/mol. The third kappa shape index (κ3) is 5.04. The molecule has 1 aliphatic heterocycles. The van der Waals surface area contributed by atoms with Crippen LogP contribution < -0.4 is 5.32 Å². The van der Waals surface area contributed by atoms with Crippen molar-refractivity contribution in [3.8, 4) is 0 Å². The second kappa shape index (κ2) is 8.65. The summed E-state index contributed by atoms with van der Waals surface area (Å²) in [5.74, 6) is -0.323. The third-order valence-electron chi connectivity index (χ3n) is 5.31. The number of carbonyl (C=O) groups is 1. The van der Waals surface area contributed by atoms with E-state index >= 15 is 0 Å². The van der Waals surface area contributed by atoms with E-state index in [1.807, 2.05) is 64.1 Å². The van der Waals surface area contributed by atoms with Crippen LogP contribution >= 0.6 is 0 Å². The van der Waals surface area contributed by atoms with Crippen LogP contribution in [0.4, 0.5) is 5.69 Å². The predicted molar refractivity (Wildman–Crippen MR) is 116 cm³/mol. The van der Waals surface area contributed by atoms with Crippen LogP contribution in [0.2, 0.25) is 0 Å². The molecule has 0 aromatic heterocycles. The van der Waals surface area contributed by atoms with Crippen LogP contribution in [0.25, 0.3) is 0 Å². The van der Waals surface area contributed by atoms with Crippen LogP contribution in [0.1, 0.15) is 34.2 Å². The van der Waals surface area contributed by atoms with Gasteiger partial charge in [-0.2, -0.15) is 17.0 Å². The first-order valence-corrected chi connectivity index (χ1v) is 11.2. The van der Waals surface area contributed by atoms with Crippen molar-refractivity contribution in [1.82, 2.24) is 8.61 Å². The Kier molecular flexibility index (Phi) is 6.41. The molecule has 156 valence electrons. The van der Waals surface area contributed by atoms with Gasteiger partial charge in [-0.05, 0) is 62.4 Å². The molecule has 1 amide bonds. The lowest BCUT2D eigenvalue weighted by Gasteiger charge is -2.34. The molecular weight excluding hydrogens is 386 g/mol. The van der Waals surface area contributed by atoms with Crippen LogP contribution in [-0.4, -0.2) is 42.6 Å². The van der Waals surface area contributed by atoms with Gasteiger partial charge in [-0.1, -0.05) is 35.9 Å². The normalized spacial score (nSPS) is 17.2. The highest BCUT2D eigenvalue weighted by Crippen LogP contribution is 2.22. The zero-order chi connectivity index (χ0) is 21.2. The number of hydrogen-bond donors (Lipinski definition) is 1. The molecule has 1 heterocycles. The molecule has 0 saturated carbocycles. The highest BCUT2D eigenvalue weighted by Gasteiger charge is 2.35. The molecule has 2 aromatic rings. The van der Waals surface area contributed by atoms with Gasteiger partial charge in [0, 0.05) is 25.3 Å². The molecule has 1 aliphatic rings. The number of nitrogens with one attached hydrogen (secondary N) is 1. The van der Waals surface area contributed by atoms with Crippen molar-refractivity contribution in [3.05, 3.63) is 64.2 Å². The molecule has 0 spiro atoms. The number of anilines is 1.